The maximum atomic E-state index is 14.8. The smallest absolute Gasteiger partial charge is 0.326 e. The summed E-state index contributed by atoms with van der Waals surface area (Å²) in [5.41, 5.74) is 26.8. The third-order valence-electron chi connectivity index (χ3n) is 14.2. The molecule has 27 nitrogen and oxygen atoms in total. The fraction of sp³-hybridized carbons (Fsp3) is 0.456. The molecule has 0 fully saturated rings. The number of hydrogen-bond acceptors (Lipinski definition) is 14. The van der Waals surface area contributed by atoms with Crippen LogP contribution >= 0.6 is 0 Å². The molecule has 6 rings (SSSR count). The highest BCUT2D eigenvalue weighted by atomic mass is 16.4. The molecule has 0 aliphatic rings. The van der Waals surface area contributed by atoms with Crippen molar-refractivity contribution in [3.8, 4) is 0 Å². The number of aromatic nitrogens is 6. The largest absolute Gasteiger partial charge is 0.480 e. The second kappa shape index (κ2) is 32.0. The second-order valence-electron chi connectivity index (χ2n) is 21.3. The Bertz CT molecular complexity index is 3140. The highest BCUT2D eigenvalue weighted by Crippen LogP contribution is 2.22. The molecule has 0 saturated heterocycles. The van der Waals surface area contributed by atoms with Crippen LogP contribution in [0.15, 0.2) is 86.0 Å². The highest BCUT2D eigenvalue weighted by Gasteiger charge is 2.36. The number of carbonyl (C=O) groups is 9. The predicted molar refractivity (Wildman–Crippen MR) is 311 cm³/mol. The molecule has 0 aliphatic heterocycles. The van der Waals surface area contributed by atoms with Gasteiger partial charge >= 0.3 is 5.97 Å². The molecule has 84 heavy (non-hydrogen) atoms. The molecular weight excluding hydrogens is 1080 g/mol. The molecule has 0 unspecified atom stereocenters. The number of carboxylic acids is 1. The minimum atomic E-state index is -1.51. The van der Waals surface area contributed by atoms with Crippen LogP contribution in [-0.2, 0) is 68.8 Å². The maximum Gasteiger partial charge on any atom is 0.326 e. The van der Waals surface area contributed by atoms with Crippen molar-refractivity contribution in [1.29, 1.82) is 0 Å². The lowest BCUT2D eigenvalue weighted by molar-refractivity contribution is -0.142. The van der Waals surface area contributed by atoms with Gasteiger partial charge in [0.05, 0.1) is 18.7 Å². The zero-order chi connectivity index (χ0) is 60.7. The first-order valence-corrected chi connectivity index (χ1v) is 28.2. The molecule has 2 aromatic carbocycles. The summed E-state index contributed by atoms with van der Waals surface area (Å²) < 4.78 is 0. The number of primary amides is 1. The van der Waals surface area contributed by atoms with Gasteiger partial charge in [0, 0.05) is 90.1 Å². The zero-order valence-corrected chi connectivity index (χ0v) is 47.2. The van der Waals surface area contributed by atoms with Crippen LogP contribution in [0.4, 0.5) is 0 Å². The van der Waals surface area contributed by atoms with Crippen LogP contribution in [0.2, 0.25) is 0 Å². The van der Waals surface area contributed by atoms with E-state index in [0.29, 0.717) is 54.7 Å². The minimum absolute atomic E-state index is 0.00369. The molecular formula is C57H79N17O10. The summed E-state index contributed by atoms with van der Waals surface area (Å²) in [6.45, 7) is 4.30. The van der Waals surface area contributed by atoms with Crippen LogP contribution in [-0.4, -0.2) is 150 Å². The van der Waals surface area contributed by atoms with E-state index in [2.05, 4.69) is 67.1 Å². The van der Waals surface area contributed by atoms with Gasteiger partial charge in [0.15, 0.2) is 0 Å². The van der Waals surface area contributed by atoms with Gasteiger partial charge in [-0.05, 0) is 87.2 Å². The normalized spacial score (nSPS) is 14.3. The van der Waals surface area contributed by atoms with Crippen molar-refractivity contribution in [2.45, 2.75) is 146 Å². The van der Waals surface area contributed by atoms with Gasteiger partial charge < -0.3 is 85.2 Å². The van der Waals surface area contributed by atoms with Crippen LogP contribution in [0.5, 0.6) is 0 Å². The molecule has 452 valence electrons. The molecule has 4 aromatic heterocycles. The SMILES string of the molecule is CC(C)C[C@H](NC(=O)[C@H](Cc1c[nH]c2ccccc12)NC(=O)[C@H](CCCCN)NC(=O)[C@H](Cc1cnc[nH]1)NC(=O)[C@H](CCC(N)=O)NC(=O)[C@H](Cc1cnc[nH]1)NC(=O)[C@@H](N)CCCCN)C(=O)N[C@@H](Cc1c[nH]c2ccccc12)C(=O)O. The summed E-state index contributed by atoms with van der Waals surface area (Å²) in [7, 11) is 0. The summed E-state index contributed by atoms with van der Waals surface area (Å²) in [4.78, 5) is 145. The van der Waals surface area contributed by atoms with Crippen molar-refractivity contribution < 1.29 is 48.3 Å². The quantitative estimate of drug-likeness (QED) is 0.0226. The molecule has 0 aliphatic carbocycles. The molecule has 0 saturated carbocycles. The number of carboxylic acid groups (broad SMARTS) is 1. The number of fused-ring (bicyclic) bond motifs is 2. The number of amides is 8. The number of benzene rings is 2. The first kappa shape index (κ1) is 64.2. The Balaban J connectivity index is 1.25. The molecule has 0 spiro atoms. The van der Waals surface area contributed by atoms with Gasteiger partial charge in [-0.3, -0.25) is 38.4 Å². The summed E-state index contributed by atoms with van der Waals surface area (Å²) >= 11 is 0. The number of para-hydroxylation sites is 2. The van der Waals surface area contributed by atoms with E-state index in [1.165, 1.54) is 25.0 Å². The Morgan fingerprint density at radius 2 is 0.905 bits per heavy atom. The van der Waals surface area contributed by atoms with Crippen LogP contribution in [0, 0.1) is 5.92 Å². The topological polar surface area (TPSA) is 451 Å². The fourth-order valence-electron chi connectivity index (χ4n) is 9.67. The molecule has 27 heteroatoms. The summed E-state index contributed by atoms with van der Waals surface area (Å²) in [5, 5.41) is 30.8. The zero-order valence-electron chi connectivity index (χ0n) is 47.2. The molecule has 20 N–H and O–H groups in total. The van der Waals surface area contributed by atoms with Crippen molar-refractivity contribution >= 4 is 75.0 Å². The standard InChI is InChI=1S/C57H79N17O10/c1-32(2)21-44(53(79)74-48(57(83)84)23-34-27-65-41-15-6-4-12-38(34)41)71-54(80)45(22-33-26-64-40-14-5-3-11-37(33)40)72-51(77)42(16-8-10-20-59)68-56(82)47(25-36-29-63-31-67-36)73-52(78)43(17-18-49(61)75)69-55(81)46(24-35-28-62-30-66-35)70-50(76)39(60)13-7-9-19-58/h3-6,11-12,14-15,26-32,39,42-48,64-65H,7-10,13,16-25,58-60H2,1-2H3,(H2,61,75)(H,62,66)(H,63,67)(H,68,82)(H,69,81)(H,70,76)(H,71,80)(H,72,77)(H,73,78)(H,74,79)(H,83,84)/t39-,42-,43-,44-,45-,46-,47-,48-/m0/s1. The molecule has 8 atom stereocenters. The molecule has 0 bridgehead atoms. The van der Waals surface area contributed by atoms with Gasteiger partial charge in [-0.1, -0.05) is 56.7 Å². The summed E-state index contributed by atoms with van der Waals surface area (Å²) in [6.07, 6.45) is 10.1. The molecule has 4 heterocycles. The van der Waals surface area contributed by atoms with Gasteiger partial charge in [-0.15, -0.1) is 0 Å². The number of aliphatic carboxylic acids is 1. The van der Waals surface area contributed by atoms with E-state index in [-0.39, 0.29) is 70.3 Å². The number of imidazole rings is 2. The number of nitrogens with two attached hydrogens (primary N) is 4. The van der Waals surface area contributed by atoms with Gasteiger partial charge in [0.1, 0.15) is 42.3 Å². The number of unbranched alkanes of at least 4 members (excludes halogenated alkanes) is 2. The Hall–Kier alpha value is -8.95. The number of aromatic amines is 4. The van der Waals surface area contributed by atoms with Crippen molar-refractivity contribution in [2.75, 3.05) is 13.1 Å². The van der Waals surface area contributed by atoms with Crippen LogP contribution in [0.3, 0.4) is 0 Å². The maximum absolute atomic E-state index is 14.8. The lowest BCUT2D eigenvalue weighted by Gasteiger charge is -2.28. The third-order valence-corrected chi connectivity index (χ3v) is 14.2. The summed E-state index contributed by atoms with van der Waals surface area (Å²) in [6, 6.07) is 3.98. The predicted octanol–water partition coefficient (Wildman–Crippen LogP) is -0.259. The lowest BCUT2D eigenvalue weighted by atomic mass is 9.99. The number of carbonyl (C=O) groups excluding carboxylic acids is 8. The van der Waals surface area contributed by atoms with Crippen molar-refractivity contribution in [3.05, 3.63) is 108 Å². The second-order valence-corrected chi connectivity index (χ2v) is 21.3. The van der Waals surface area contributed by atoms with Gasteiger partial charge in [-0.25, -0.2) is 14.8 Å². The van der Waals surface area contributed by atoms with Gasteiger partial charge in [0.25, 0.3) is 0 Å². The van der Waals surface area contributed by atoms with Crippen molar-refractivity contribution in [3.63, 3.8) is 0 Å². The molecule has 8 amide bonds. The monoisotopic (exact) mass is 1160 g/mol. The van der Waals surface area contributed by atoms with E-state index >= 15 is 0 Å². The average Bonchev–Trinajstić information content (AvgIpc) is 4.49. The Kier molecular flexibility index (Phi) is 24.5. The van der Waals surface area contributed by atoms with Crippen LogP contribution in [0.25, 0.3) is 21.8 Å². The van der Waals surface area contributed by atoms with E-state index in [0.717, 1.165) is 21.8 Å². The van der Waals surface area contributed by atoms with Gasteiger partial charge in [-0.2, -0.15) is 0 Å². The van der Waals surface area contributed by atoms with Crippen LogP contribution < -0.4 is 60.2 Å². The number of H-pyrrole nitrogens is 4. The van der Waals surface area contributed by atoms with E-state index in [1.807, 2.05) is 62.4 Å². The first-order chi connectivity index (χ1) is 40.3. The van der Waals surface area contributed by atoms with Crippen LogP contribution in [0.1, 0.15) is 94.1 Å². The van der Waals surface area contributed by atoms with Crippen molar-refractivity contribution in [2.24, 2.45) is 28.9 Å². The minimum Gasteiger partial charge on any atom is -0.480 e. The fourth-order valence-corrected chi connectivity index (χ4v) is 9.67. The Labute approximate surface area is 484 Å². The summed E-state index contributed by atoms with van der Waals surface area (Å²) in [5.74, 6) is -7.89. The van der Waals surface area contributed by atoms with E-state index < -0.39 is 102 Å². The number of hydrogen-bond donors (Lipinski definition) is 16. The first-order valence-electron chi connectivity index (χ1n) is 28.2. The molecule has 0 radical (unpaired) electrons. The third kappa shape index (κ3) is 19.3. The molecule has 6 aromatic rings. The van der Waals surface area contributed by atoms with E-state index in [1.54, 1.807) is 12.4 Å². The number of nitrogens with zero attached hydrogens (tertiary/aromatic N) is 2. The average molecular weight is 1160 g/mol. The van der Waals surface area contributed by atoms with E-state index in [9.17, 15) is 48.3 Å². The Morgan fingerprint density at radius 1 is 0.500 bits per heavy atom. The van der Waals surface area contributed by atoms with Crippen molar-refractivity contribution in [1.82, 2.24) is 67.1 Å². The lowest BCUT2D eigenvalue weighted by Crippen LogP contribution is -2.61. The Morgan fingerprint density at radius 3 is 1.37 bits per heavy atom. The number of nitrogens with one attached hydrogen (secondary N) is 11. The van der Waals surface area contributed by atoms with E-state index in [4.69, 9.17) is 22.9 Å². The van der Waals surface area contributed by atoms with Gasteiger partial charge in [0.2, 0.25) is 47.3 Å². The highest BCUT2D eigenvalue weighted by molar-refractivity contribution is 5.98. The number of rotatable bonds is 36.